The molecular weight excluding hydrogens is 249 g/mol. The molecule has 1 rings (SSSR count). The van der Waals surface area contributed by atoms with Crippen LogP contribution in [0.5, 0.6) is 0 Å². The topological polar surface area (TPSA) is 46.6 Å². The number of amides is 1. The summed E-state index contributed by atoms with van der Waals surface area (Å²) in [6, 6.07) is 6.17. The van der Waals surface area contributed by atoms with Crippen LogP contribution in [0.15, 0.2) is 30.3 Å². The second kappa shape index (κ2) is 7.31. The third-order valence-electron chi connectivity index (χ3n) is 2.57. The largest absolute Gasteiger partial charge is 0.469 e. The number of halogens is 1. The molecule has 5 heteroatoms. The Labute approximate surface area is 111 Å². The zero-order valence-corrected chi connectivity index (χ0v) is 10.9. The Morgan fingerprint density at radius 3 is 2.68 bits per heavy atom. The van der Waals surface area contributed by atoms with E-state index in [1.54, 1.807) is 25.2 Å². The van der Waals surface area contributed by atoms with Crippen LogP contribution in [0.1, 0.15) is 12.0 Å². The van der Waals surface area contributed by atoms with Crippen LogP contribution in [0.3, 0.4) is 0 Å². The molecule has 1 aromatic rings. The van der Waals surface area contributed by atoms with Crippen LogP contribution in [0, 0.1) is 5.82 Å². The maximum Gasteiger partial charge on any atom is 0.307 e. The van der Waals surface area contributed by atoms with Crippen molar-refractivity contribution in [3.8, 4) is 0 Å². The Balaban J connectivity index is 2.55. The Morgan fingerprint density at radius 1 is 1.37 bits per heavy atom. The van der Waals surface area contributed by atoms with E-state index in [1.165, 1.54) is 30.2 Å². The van der Waals surface area contributed by atoms with E-state index in [1.807, 2.05) is 0 Å². The van der Waals surface area contributed by atoms with Gasteiger partial charge in [0.2, 0.25) is 5.91 Å². The van der Waals surface area contributed by atoms with E-state index in [2.05, 4.69) is 4.74 Å². The number of hydrogen-bond donors (Lipinski definition) is 0. The van der Waals surface area contributed by atoms with Gasteiger partial charge in [-0.3, -0.25) is 9.59 Å². The van der Waals surface area contributed by atoms with Gasteiger partial charge >= 0.3 is 5.97 Å². The molecule has 0 bridgehead atoms. The first-order chi connectivity index (χ1) is 9.04. The molecule has 0 heterocycles. The molecule has 1 aromatic carbocycles. The number of carbonyl (C=O) groups excluding carboxylic acids is 2. The van der Waals surface area contributed by atoms with Gasteiger partial charge in [0, 0.05) is 25.2 Å². The van der Waals surface area contributed by atoms with Gasteiger partial charge in [-0.05, 0) is 12.1 Å². The molecule has 0 saturated carbocycles. The lowest BCUT2D eigenvalue weighted by Crippen LogP contribution is -2.27. The van der Waals surface area contributed by atoms with Crippen molar-refractivity contribution in [2.45, 2.75) is 6.42 Å². The summed E-state index contributed by atoms with van der Waals surface area (Å²) in [6.45, 7) is 0.257. The smallest absolute Gasteiger partial charge is 0.307 e. The van der Waals surface area contributed by atoms with Crippen molar-refractivity contribution in [2.24, 2.45) is 0 Å². The normalized spacial score (nSPS) is 10.5. The fourth-order valence-corrected chi connectivity index (χ4v) is 1.37. The maximum absolute atomic E-state index is 13.3. The summed E-state index contributed by atoms with van der Waals surface area (Å²) < 4.78 is 17.8. The van der Waals surface area contributed by atoms with Crippen LogP contribution in [0.25, 0.3) is 6.08 Å². The second-order valence-corrected chi connectivity index (χ2v) is 3.94. The second-order valence-electron chi connectivity index (χ2n) is 3.94. The standard InChI is InChI=1S/C14H16FNO3/c1-16(10-9-14(18)19-2)13(17)8-7-11-5-3-4-6-12(11)15/h3-8H,9-10H2,1-2H3/b8-7+. The lowest BCUT2D eigenvalue weighted by molar-refractivity contribution is -0.141. The number of ether oxygens (including phenoxy) is 1. The lowest BCUT2D eigenvalue weighted by Gasteiger charge is -2.13. The van der Waals surface area contributed by atoms with E-state index >= 15 is 0 Å². The minimum Gasteiger partial charge on any atom is -0.469 e. The van der Waals surface area contributed by atoms with Crippen molar-refractivity contribution in [3.05, 3.63) is 41.7 Å². The summed E-state index contributed by atoms with van der Waals surface area (Å²) >= 11 is 0. The number of nitrogens with zero attached hydrogens (tertiary/aromatic N) is 1. The molecule has 19 heavy (non-hydrogen) atoms. The van der Waals surface area contributed by atoms with E-state index in [0.29, 0.717) is 5.56 Å². The highest BCUT2D eigenvalue weighted by Crippen LogP contribution is 2.08. The first-order valence-corrected chi connectivity index (χ1v) is 5.79. The van der Waals surface area contributed by atoms with Gasteiger partial charge in [-0.2, -0.15) is 0 Å². The van der Waals surface area contributed by atoms with Gasteiger partial charge in [0.15, 0.2) is 0 Å². The van der Waals surface area contributed by atoms with Gasteiger partial charge in [0.1, 0.15) is 5.82 Å². The average Bonchev–Trinajstić information content (AvgIpc) is 2.43. The summed E-state index contributed by atoms with van der Waals surface area (Å²) in [5, 5.41) is 0. The number of benzene rings is 1. The molecule has 102 valence electrons. The van der Waals surface area contributed by atoms with E-state index < -0.39 is 0 Å². The van der Waals surface area contributed by atoms with Gasteiger partial charge in [-0.25, -0.2) is 4.39 Å². The summed E-state index contributed by atoms with van der Waals surface area (Å²) in [5.74, 6) is -1.06. The molecule has 0 aliphatic carbocycles. The third kappa shape index (κ3) is 4.91. The Bertz CT molecular complexity index is 485. The number of rotatable bonds is 5. The predicted octanol–water partition coefficient (Wildman–Crippen LogP) is 1.86. The van der Waals surface area contributed by atoms with Crippen LogP contribution in [0.2, 0.25) is 0 Å². The van der Waals surface area contributed by atoms with Crippen molar-refractivity contribution >= 4 is 18.0 Å². The van der Waals surface area contributed by atoms with E-state index in [9.17, 15) is 14.0 Å². The Kier molecular flexibility index (Phi) is 5.73. The van der Waals surface area contributed by atoms with E-state index in [0.717, 1.165) is 0 Å². The predicted molar refractivity (Wildman–Crippen MR) is 69.7 cm³/mol. The molecule has 1 amide bonds. The maximum atomic E-state index is 13.3. The third-order valence-corrected chi connectivity index (χ3v) is 2.57. The molecule has 0 aromatic heterocycles. The summed E-state index contributed by atoms with van der Waals surface area (Å²) in [5.41, 5.74) is 0.345. The van der Waals surface area contributed by atoms with Crippen molar-refractivity contribution in [1.82, 2.24) is 4.90 Å². The highest BCUT2D eigenvalue weighted by Gasteiger charge is 2.08. The van der Waals surface area contributed by atoms with Crippen molar-refractivity contribution < 1.29 is 18.7 Å². The molecule has 0 N–H and O–H groups in total. The summed E-state index contributed by atoms with van der Waals surface area (Å²) in [4.78, 5) is 24.0. The number of carbonyl (C=O) groups is 2. The van der Waals surface area contributed by atoms with Gasteiger partial charge in [0.05, 0.1) is 13.5 Å². The van der Waals surface area contributed by atoms with Crippen molar-refractivity contribution in [2.75, 3.05) is 20.7 Å². The number of methoxy groups -OCH3 is 1. The quantitative estimate of drug-likeness (QED) is 0.603. The molecule has 4 nitrogen and oxygen atoms in total. The van der Waals surface area contributed by atoms with Gasteiger partial charge in [-0.15, -0.1) is 0 Å². The fourth-order valence-electron chi connectivity index (χ4n) is 1.37. The minimum absolute atomic E-state index is 0.131. The molecule has 0 saturated heterocycles. The van der Waals surface area contributed by atoms with Crippen LogP contribution in [-0.4, -0.2) is 37.5 Å². The monoisotopic (exact) mass is 265 g/mol. The van der Waals surface area contributed by atoms with Crippen LogP contribution >= 0.6 is 0 Å². The van der Waals surface area contributed by atoms with Crippen LogP contribution in [0.4, 0.5) is 4.39 Å². The highest BCUT2D eigenvalue weighted by molar-refractivity contribution is 5.91. The SMILES string of the molecule is COC(=O)CCN(C)C(=O)/C=C/c1ccccc1F. The zero-order chi connectivity index (χ0) is 14.3. The number of likely N-dealkylation sites (N-methyl/N-ethyl adjacent to an activating group) is 1. The molecule has 0 aliphatic heterocycles. The highest BCUT2D eigenvalue weighted by atomic mass is 19.1. The first kappa shape index (κ1) is 14.9. The number of hydrogen-bond acceptors (Lipinski definition) is 3. The van der Waals surface area contributed by atoms with Gasteiger partial charge < -0.3 is 9.64 Å². The van der Waals surface area contributed by atoms with E-state index in [-0.39, 0.29) is 30.7 Å². The molecule has 0 fully saturated rings. The fraction of sp³-hybridized carbons (Fsp3) is 0.286. The molecule has 0 unspecified atom stereocenters. The molecule has 0 radical (unpaired) electrons. The van der Waals surface area contributed by atoms with Gasteiger partial charge in [-0.1, -0.05) is 18.2 Å². The average molecular weight is 265 g/mol. The first-order valence-electron chi connectivity index (χ1n) is 5.79. The Hall–Kier alpha value is -2.17. The summed E-state index contributed by atoms with van der Waals surface area (Å²) in [6.07, 6.45) is 2.81. The Morgan fingerprint density at radius 2 is 2.05 bits per heavy atom. The van der Waals surface area contributed by atoms with Crippen LogP contribution < -0.4 is 0 Å². The van der Waals surface area contributed by atoms with Crippen molar-refractivity contribution in [3.63, 3.8) is 0 Å². The van der Waals surface area contributed by atoms with Crippen LogP contribution in [-0.2, 0) is 14.3 Å². The molecule has 0 atom stereocenters. The zero-order valence-electron chi connectivity index (χ0n) is 10.9. The molecular formula is C14H16FNO3. The molecule has 0 aliphatic rings. The lowest BCUT2D eigenvalue weighted by atomic mass is 10.2. The summed E-state index contributed by atoms with van der Waals surface area (Å²) in [7, 11) is 2.86. The van der Waals surface area contributed by atoms with Crippen molar-refractivity contribution in [1.29, 1.82) is 0 Å². The molecule has 0 spiro atoms. The van der Waals surface area contributed by atoms with Gasteiger partial charge in [0.25, 0.3) is 0 Å². The minimum atomic E-state index is -0.385. The number of esters is 1. The van der Waals surface area contributed by atoms with E-state index in [4.69, 9.17) is 0 Å².